The van der Waals surface area contributed by atoms with E-state index in [0.29, 0.717) is 18.0 Å². The molecule has 2 aliphatic heterocycles. The summed E-state index contributed by atoms with van der Waals surface area (Å²) in [5.41, 5.74) is 0. The van der Waals surface area contributed by atoms with E-state index in [0.717, 1.165) is 52.4 Å². The van der Waals surface area contributed by atoms with Crippen LogP contribution in [0.4, 0.5) is 4.39 Å². The summed E-state index contributed by atoms with van der Waals surface area (Å²) in [5.74, 6) is 0.444. The third kappa shape index (κ3) is 5.04. The van der Waals surface area contributed by atoms with Crippen molar-refractivity contribution < 1.29 is 23.7 Å². The van der Waals surface area contributed by atoms with Crippen LogP contribution < -0.4 is 9.47 Å². The first kappa shape index (κ1) is 18.4. The van der Waals surface area contributed by atoms with E-state index in [1.807, 2.05) is 0 Å². The third-order valence-corrected chi connectivity index (χ3v) is 4.84. The molecule has 1 aromatic carbocycles. The quantitative estimate of drug-likeness (QED) is 0.822. The van der Waals surface area contributed by atoms with Crippen LogP contribution in [0.25, 0.3) is 0 Å². The van der Waals surface area contributed by atoms with E-state index in [-0.39, 0.29) is 11.9 Å². The normalized spacial score (nSPS) is 25.7. The number of hydrogen-bond acceptors (Lipinski definition) is 6. The van der Waals surface area contributed by atoms with Gasteiger partial charge in [-0.05, 0) is 18.6 Å². The van der Waals surface area contributed by atoms with Crippen molar-refractivity contribution in [2.75, 3.05) is 59.6 Å². The molecule has 2 aliphatic rings. The van der Waals surface area contributed by atoms with Crippen LogP contribution in [0.1, 0.15) is 6.42 Å². The van der Waals surface area contributed by atoms with Gasteiger partial charge in [0.15, 0.2) is 11.5 Å². The zero-order valence-electron chi connectivity index (χ0n) is 14.7. The largest absolute Gasteiger partial charge is 0.493 e. The Morgan fingerprint density at radius 1 is 1.16 bits per heavy atom. The number of nitrogens with zero attached hydrogens (tertiary/aromatic N) is 2. The van der Waals surface area contributed by atoms with Crippen molar-refractivity contribution in [1.82, 2.24) is 9.80 Å². The van der Waals surface area contributed by atoms with Crippen LogP contribution in [0.5, 0.6) is 11.5 Å². The molecule has 2 saturated heterocycles. The zero-order valence-corrected chi connectivity index (χ0v) is 14.7. The molecule has 0 unspecified atom stereocenters. The Balaban J connectivity index is 1.48. The van der Waals surface area contributed by atoms with E-state index in [1.54, 1.807) is 6.07 Å². The van der Waals surface area contributed by atoms with E-state index < -0.39 is 6.10 Å². The summed E-state index contributed by atoms with van der Waals surface area (Å²) in [7, 11) is 1.48. The number of hydrogen-bond donors (Lipinski definition) is 1. The van der Waals surface area contributed by atoms with Crippen molar-refractivity contribution in [1.29, 1.82) is 0 Å². The third-order valence-electron chi connectivity index (χ3n) is 4.84. The minimum Gasteiger partial charge on any atom is -0.493 e. The topological polar surface area (TPSA) is 54.4 Å². The highest BCUT2D eigenvalue weighted by Crippen LogP contribution is 2.30. The minimum absolute atomic E-state index is 0.306. The maximum Gasteiger partial charge on any atom is 0.163 e. The Morgan fingerprint density at radius 3 is 2.64 bits per heavy atom. The Labute approximate surface area is 148 Å². The monoisotopic (exact) mass is 354 g/mol. The lowest BCUT2D eigenvalue weighted by Crippen LogP contribution is -2.51. The first-order chi connectivity index (χ1) is 12.2. The zero-order chi connectivity index (χ0) is 17.6. The van der Waals surface area contributed by atoms with Crippen LogP contribution in [0.2, 0.25) is 0 Å². The van der Waals surface area contributed by atoms with Gasteiger partial charge in [0.2, 0.25) is 0 Å². The minimum atomic E-state index is -0.576. The second-order valence-corrected chi connectivity index (χ2v) is 6.56. The summed E-state index contributed by atoms with van der Waals surface area (Å²) in [4.78, 5) is 4.66. The predicted octanol–water partition coefficient (Wildman–Crippen LogP) is 0.980. The average molecular weight is 354 g/mol. The predicted molar refractivity (Wildman–Crippen MR) is 91.7 cm³/mol. The van der Waals surface area contributed by atoms with Crippen molar-refractivity contribution >= 4 is 0 Å². The molecule has 0 saturated carbocycles. The molecule has 2 fully saturated rings. The summed E-state index contributed by atoms with van der Waals surface area (Å²) < 4.78 is 29.7. The van der Waals surface area contributed by atoms with Crippen LogP contribution >= 0.6 is 0 Å². The van der Waals surface area contributed by atoms with Crippen LogP contribution in [0.15, 0.2) is 18.2 Å². The molecule has 0 aliphatic carbocycles. The highest BCUT2D eigenvalue weighted by Gasteiger charge is 2.30. The molecule has 0 radical (unpaired) electrons. The Bertz CT molecular complexity index is 554. The van der Waals surface area contributed by atoms with Crippen molar-refractivity contribution in [2.45, 2.75) is 18.6 Å². The molecular formula is C18H27FN2O4. The molecule has 2 atom stereocenters. The fourth-order valence-corrected chi connectivity index (χ4v) is 3.33. The number of morpholine rings is 1. The first-order valence-electron chi connectivity index (χ1n) is 8.86. The lowest BCUT2D eigenvalue weighted by molar-refractivity contribution is -0.0308. The molecule has 0 spiro atoms. The number of benzene rings is 1. The second kappa shape index (κ2) is 8.80. The number of aliphatic hydroxyl groups excluding tert-OH is 1. The van der Waals surface area contributed by atoms with E-state index in [9.17, 15) is 9.50 Å². The van der Waals surface area contributed by atoms with Gasteiger partial charge in [0.1, 0.15) is 18.0 Å². The van der Waals surface area contributed by atoms with Crippen LogP contribution in [-0.2, 0) is 4.74 Å². The van der Waals surface area contributed by atoms with Gasteiger partial charge in [-0.3, -0.25) is 9.80 Å². The van der Waals surface area contributed by atoms with Gasteiger partial charge in [-0.2, -0.15) is 0 Å². The van der Waals surface area contributed by atoms with Gasteiger partial charge in [-0.15, -0.1) is 0 Å². The highest BCUT2D eigenvalue weighted by atomic mass is 19.1. The van der Waals surface area contributed by atoms with Crippen LogP contribution in [0.3, 0.4) is 0 Å². The number of likely N-dealkylation sites (tertiary alicyclic amines) is 1. The molecular weight excluding hydrogens is 327 g/mol. The molecule has 140 valence electrons. The van der Waals surface area contributed by atoms with Gasteiger partial charge in [0, 0.05) is 45.3 Å². The number of aliphatic hydroxyl groups is 1. The summed E-state index contributed by atoms with van der Waals surface area (Å²) >= 11 is 0. The van der Waals surface area contributed by atoms with Gasteiger partial charge in [0.25, 0.3) is 0 Å². The second-order valence-electron chi connectivity index (χ2n) is 6.56. The fraction of sp³-hybridized carbons (Fsp3) is 0.667. The summed E-state index contributed by atoms with van der Waals surface area (Å²) in [5, 5.41) is 10.4. The fourth-order valence-electron chi connectivity index (χ4n) is 3.33. The standard InChI is InChI=1S/C18H27FN2O4/c1-23-18-12-14(19)2-3-17(18)25-16-4-5-21(13-15(16)22)7-6-20-8-10-24-11-9-20/h2-3,12,15-16,22H,4-11,13H2,1H3/t15-,16-/m1/s1. The van der Waals surface area contributed by atoms with Gasteiger partial charge < -0.3 is 19.3 Å². The molecule has 7 heteroatoms. The Hall–Kier alpha value is -1.41. The maximum atomic E-state index is 13.3. The number of halogens is 1. The summed E-state index contributed by atoms with van der Waals surface area (Å²) in [6.45, 7) is 6.94. The van der Waals surface area contributed by atoms with E-state index in [2.05, 4.69) is 9.80 Å². The number of ether oxygens (including phenoxy) is 3. The molecule has 0 bridgehead atoms. The molecule has 3 rings (SSSR count). The van der Waals surface area contributed by atoms with E-state index in [4.69, 9.17) is 14.2 Å². The smallest absolute Gasteiger partial charge is 0.163 e. The summed E-state index contributed by atoms with van der Waals surface area (Å²) in [6, 6.07) is 4.17. The van der Waals surface area contributed by atoms with Gasteiger partial charge in [0.05, 0.1) is 20.3 Å². The molecule has 25 heavy (non-hydrogen) atoms. The Morgan fingerprint density at radius 2 is 1.92 bits per heavy atom. The first-order valence-corrected chi connectivity index (χ1v) is 8.86. The van der Waals surface area contributed by atoms with E-state index in [1.165, 1.54) is 19.2 Å². The van der Waals surface area contributed by atoms with Crippen molar-refractivity contribution in [3.05, 3.63) is 24.0 Å². The van der Waals surface area contributed by atoms with Crippen molar-refractivity contribution in [3.63, 3.8) is 0 Å². The molecule has 6 nitrogen and oxygen atoms in total. The number of piperidine rings is 1. The molecule has 0 aromatic heterocycles. The number of methoxy groups -OCH3 is 1. The lowest BCUT2D eigenvalue weighted by atomic mass is 10.0. The molecule has 1 N–H and O–H groups in total. The molecule has 0 amide bonds. The maximum absolute atomic E-state index is 13.3. The van der Waals surface area contributed by atoms with E-state index >= 15 is 0 Å². The SMILES string of the molecule is COc1cc(F)ccc1O[C@@H]1CCN(CCN2CCOCC2)C[C@H]1O. The van der Waals surface area contributed by atoms with Gasteiger partial charge in [-0.1, -0.05) is 0 Å². The lowest BCUT2D eigenvalue weighted by Gasteiger charge is -2.37. The highest BCUT2D eigenvalue weighted by molar-refractivity contribution is 5.40. The van der Waals surface area contributed by atoms with Crippen LogP contribution in [-0.4, -0.2) is 86.7 Å². The summed E-state index contributed by atoms with van der Waals surface area (Å²) in [6.07, 6.45) is -0.155. The Kier molecular flexibility index (Phi) is 6.47. The van der Waals surface area contributed by atoms with Crippen molar-refractivity contribution in [3.8, 4) is 11.5 Å². The van der Waals surface area contributed by atoms with Crippen LogP contribution in [0, 0.1) is 5.82 Å². The average Bonchev–Trinajstić information content (AvgIpc) is 2.64. The number of β-amino-alcohol motifs (C(OH)–C–C–N with tert-alkyl or cyclic N) is 1. The van der Waals surface area contributed by atoms with Gasteiger partial charge in [-0.25, -0.2) is 4.39 Å². The van der Waals surface area contributed by atoms with Crippen molar-refractivity contribution in [2.24, 2.45) is 0 Å². The molecule has 1 aromatic rings. The molecule has 2 heterocycles. The van der Waals surface area contributed by atoms with Gasteiger partial charge >= 0.3 is 0 Å². The number of rotatable bonds is 6.